The number of nitrogens with zero attached hydrogens (tertiary/aromatic N) is 3. The Morgan fingerprint density at radius 3 is 2.52 bits per heavy atom. The summed E-state index contributed by atoms with van der Waals surface area (Å²) < 4.78 is 5.29. The number of thiophene rings is 1. The first-order chi connectivity index (χ1) is 12.2. The highest BCUT2D eigenvalue weighted by molar-refractivity contribution is 7.08. The lowest BCUT2D eigenvalue weighted by Crippen LogP contribution is -2.53. The molecule has 0 N–H and O–H groups in total. The lowest BCUT2D eigenvalue weighted by atomic mass is 10.1. The van der Waals surface area contributed by atoms with Gasteiger partial charge >= 0.3 is 0 Å². The van der Waals surface area contributed by atoms with Gasteiger partial charge in [-0.1, -0.05) is 0 Å². The molecule has 6 nitrogen and oxygen atoms in total. The normalized spacial score (nSPS) is 27.4. The Morgan fingerprint density at radius 1 is 1.08 bits per heavy atom. The maximum Gasteiger partial charge on any atom is 0.236 e. The van der Waals surface area contributed by atoms with Crippen LogP contribution in [0.1, 0.15) is 17.9 Å². The van der Waals surface area contributed by atoms with Crippen molar-refractivity contribution in [1.82, 2.24) is 14.7 Å². The maximum absolute atomic E-state index is 12.7. The highest BCUT2D eigenvalue weighted by Gasteiger charge is 2.46. The van der Waals surface area contributed by atoms with Crippen molar-refractivity contribution in [1.29, 1.82) is 0 Å². The fourth-order valence-corrected chi connectivity index (χ4v) is 4.51. The molecule has 2 aliphatic heterocycles. The van der Waals surface area contributed by atoms with E-state index in [-0.39, 0.29) is 11.8 Å². The Bertz CT molecular complexity index is 607. The van der Waals surface area contributed by atoms with E-state index in [1.165, 1.54) is 5.56 Å². The number of piperazine rings is 1. The summed E-state index contributed by atoms with van der Waals surface area (Å²) in [6, 6.07) is 2.14. The summed E-state index contributed by atoms with van der Waals surface area (Å²) in [6.45, 7) is 6.19. The van der Waals surface area contributed by atoms with Crippen molar-refractivity contribution in [3.8, 4) is 0 Å². The zero-order valence-corrected chi connectivity index (χ0v) is 15.2. The number of hydrogen-bond donors (Lipinski definition) is 0. The summed E-state index contributed by atoms with van der Waals surface area (Å²) in [7, 11) is 0. The van der Waals surface area contributed by atoms with Crippen molar-refractivity contribution in [3.05, 3.63) is 22.4 Å². The van der Waals surface area contributed by atoms with Gasteiger partial charge in [0, 0.05) is 45.2 Å². The first-order valence-electron chi connectivity index (χ1n) is 9.11. The van der Waals surface area contributed by atoms with Crippen molar-refractivity contribution >= 4 is 23.2 Å². The highest BCUT2D eigenvalue weighted by atomic mass is 32.1. The van der Waals surface area contributed by atoms with Crippen molar-refractivity contribution in [2.45, 2.75) is 12.3 Å². The molecule has 136 valence electrons. The lowest BCUT2D eigenvalue weighted by molar-refractivity contribution is -0.138. The summed E-state index contributed by atoms with van der Waals surface area (Å²) in [5.41, 5.74) is 1.32. The largest absolute Gasteiger partial charge is 0.378 e. The first kappa shape index (κ1) is 17.0. The summed E-state index contributed by atoms with van der Waals surface area (Å²) >= 11 is 1.70. The van der Waals surface area contributed by atoms with Gasteiger partial charge in [0.25, 0.3) is 0 Å². The van der Waals surface area contributed by atoms with E-state index in [0.717, 1.165) is 32.6 Å². The van der Waals surface area contributed by atoms with Crippen LogP contribution < -0.4 is 0 Å². The maximum atomic E-state index is 12.7. The van der Waals surface area contributed by atoms with Gasteiger partial charge in [0.1, 0.15) is 0 Å². The Kier molecular flexibility index (Phi) is 5.05. The average molecular weight is 363 g/mol. The van der Waals surface area contributed by atoms with E-state index < -0.39 is 0 Å². The van der Waals surface area contributed by atoms with E-state index >= 15 is 0 Å². The quantitative estimate of drug-likeness (QED) is 0.796. The summed E-state index contributed by atoms with van der Waals surface area (Å²) in [4.78, 5) is 31.0. The number of carbonyl (C=O) groups is 2. The number of morpholine rings is 1. The SMILES string of the molecule is O=C(CN1CCN(C(=O)[C@@H]2C[C@H]2c2ccsc2)CC1)N1CCOCC1. The van der Waals surface area contributed by atoms with E-state index in [2.05, 4.69) is 21.7 Å². The molecule has 4 rings (SSSR count). The monoisotopic (exact) mass is 363 g/mol. The molecule has 1 aromatic rings. The topological polar surface area (TPSA) is 53.1 Å². The Balaban J connectivity index is 1.22. The zero-order chi connectivity index (χ0) is 17.2. The van der Waals surface area contributed by atoms with Crippen LogP contribution in [0.3, 0.4) is 0 Å². The van der Waals surface area contributed by atoms with Crippen molar-refractivity contribution < 1.29 is 14.3 Å². The minimum absolute atomic E-state index is 0.177. The molecule has 25 heavy (non-hydrogen) atoms. The second-order valence-corrected chi connectivity index (χ2v) is 7.88. The van der Waals surface area contributed by atoms with E-state index in [9.17, 15) is 9.59 Å². The number of hydrogen-bond acceptors (Lipinski definition) is 5. The van der Waals surface area contributed by atoms with E-state index in [1.807, 2.05) is 9.80 Å². The van der Waals surface area contributed by atoms with Crippen molar-refractivity contribution in [2.75, 3.05) is 59.0 Å². The van der Waals surface area contributed by atoms with Gasteiger partial charge in [-0.3, -0.25) is 14.5 Å². The fourth-order valence-electron chi connectivity index (χ4n) is 3.79. The van der Waals surface area contributed by atoms with Crippen LogP contribution in [0.5, 0.6) is 0 Å². The zero-order valence-electron chi connectivity index (χ0n) is 14.4. The number of rotatable bonds is 4. The predicted octanol–water partition coefficient (Wildman–Crippen LogP) is 0.855. The van der Waals surface area contributed by atoms with Gasteiger partial charge in [-0.15, -0.1) is 0 Å². The molecule has 0 spiro atoms. The minimum atomic E-state index is 0.177. The van der Waals surface area contributed by atoms with Crippen LogP contribution in [0, 0.1) is 5.92 Å². The van der Waals surface area contributed by atoms with Crippen LogP contribution in [0.2, 0.25) is 0 Å². The van der Waals surface area contributed by atoms with E-state index in [1.54, 1.807) is 11.3 Å². The van der Waals surface area contributed by atoms with E-state index in [0.29, 0.717) is 44.7 Å². The predicted molar refractivity (Wildman–Crippen MR) is 95.6 cm³/mol. The summed E-state index contributed by atoms with van der Waals surface area (Å²) in [5.74, 6) is 1.09. The first-order valence-corrected chi connectivity index (χ1v) is 10.1. The third-order valence-electron chi connectivity index (χ3n) is 5.49. The van der Waals surface area contributed by atoms with Crippen LogP contribution in [0.15, 0.2) is 16.8 Å². The Hall–Kier alpha value is -1.44. The molecule has 1 saturated carbocycles. The fraction of sp³-hybridized carbons (Fsp3) is 0.667. The molecule has 2 amide bonds. The number of carbonyl (C=O) groups excluding carboxylic acids is 2. The number of amides is 2. The molecule has 1 aromatic heterocycles. The third-order valence-corrected chi connectivity index (χ3v) is 6.19. The van der Waals surface area contributed by atoms with Crippen molar-refractivity contribution in [3.63, 3.8) is 0 Å². The molecule has 0 bridgehead atoms. The van der Waals surface area contributed by atoms with Gasteiger partial charge in [0.05, 0.1) is 19.8 Å². The molecule has 1 aliphatic carbocycles. The van der Waals surface area contributed by atoms with E-state index in [4.69, 9.17) is 4.74 Å². The second kappa shape index (κ2) is 7.43. The van der Waals surface area contributed by atoms with Gasteiger partial charge in [0.2, 0.25) is 11.8 Å². The average Bonchev–Trinajstić information content (AvgIpc) is 3.27. The molecule has 7 heteroatoms. The van der Waals surface area contributed by atoms with Gasteiger partial charge in [-0.2, -0.15) is 11.3 Å². The molecule has 2 atom stereocenters. The smallest absolute Gasteiger partial charge is 0.236 e. The van der Waals surface area contributed by atoms with Crippen LogP contribution in [-0.4, -0.2) is 85.5 Å². The number of ether oxygens (including phenoxy) is 1. The molecule has 3 fully saturated rings. The second-order valence-electron chi connectivity index (χ2n) is 7.10. The summed E-state index contributed by atoms with van der Waals surface area (Å²) in [6.07, 6.45) is 0.991. The molecule has 2 saturated heterocycles. The molecule has 0 radical (unpaired) electrons. The van der Waals surface area contributed by atoms with Crippen LogP contribution >= 0.6 is 11.3 Å². The Labute approximate surface area is 152 Å². The lowest BCUT2D eigenvalue weighted by Gasteiger charge is -2.36. The minimum Gasteiger partial charge on any atom is -0.378 e. The molecule has 0 aromatic carbocycles. The van der Waals surface area contributed by atoms with Gasteiger partial charge < -0.3 is 14.5 Å². The van der Waals surface area contributed by atoms with Gasteiger partial charge in [-0.05, 0) is 34.7 Å². The molecule has 3 aliphatic rings. The molecular formula is C18H25N3O3S. The van der Waals surface area contributed by atoms with Crippen LogP contribution in [0.4, 0.5) is 0 Å². The highest BCUT2D eigenvalue weighted by Crippen LogP contribution is 2.49. The standard InChI is InChI=1S/C18H25N3O3S/c22-17(20-6-8-24-9-7-20)12-19-2-4-21(5-3-19)18(23)16-11-15(16)14-1-10-25-13-14/h1,10,13,15-16H,2-9,11-12H2/t15-,16+/m0/s1. The Morgan fingerprint density at radius 2 is 1.84 bits per heavy atom. The van der Waals surface area contributed by atoms with Crippen LogP contribution in [0.25, 0.3) is 0 Å². The molecular weight excluding hydrogens is 338 g/mol. The van der Waals surface area contributed by atoms with Crippen LogP contribution in [-0.2, 0) is 14.3 Å². The molecule has 3 heterocycles. The summed E-state index contributed by atoms with van der Waals surface area (Å²) in [5, 5.41) is 4.24. The third kappa shape index (κ3) is 3.88. The van der Waals surface area contributed by atoms with Crippen molar-refractivity contribution in [2.24, 2.45) is 5.92 Å². The van der Waals surface area contributed by atoms with Gasteiger partial charge in [0.15, 0.2) is 0 Å². The van der Waals surface area contributed by atoms with Gasteiger partial charge in [-0.25, -0.2) is 0 Å². The molecule has 0 unspecified atom stereocenters.